The van der Waals surface area contributed by atoms with Gasteiger partial charge in [-0.2, -0.15) is 13.2 Å². The summed E-state index contributed by atoms with van der Waals surface area (Å²) in [6.07, 6.45) is -4.47. The number of carbonyl (C=O) groups is 2. The van der Waals surface area contributed by atoms with Gasteiger partial charge in [-0.3, -0.25) is 4.79 Å². The second kappa shape index (κ2) is 7.76. The number of nitrogens with zero attached hydrogens (tertiary/aromatic N) is 2. The maximum Gasteiger partial charge on any atom is 0.405 e. The molecule has 9 heteroatoms. The number of alkyl halides is 3. The predicted molar refractivity (Wildman–Crippen MR) is 87.6 cm³/mol. The number of ether oxygens (including phenoxy) is 1. The molecule has 142 valence electrons. The summed E-state index contributed by atoms with van der Waals surface area (Å²) in [7, 11) is 0. The molecule has 26 heavy (non-hydrogen) atoms. The lowest BCUT2D eigenvalue weighted by Gasteiger charge is -2.07. The van der Waals surface area contributed by atoms with Gasteiger partial charge >= 0.3 is 12.1 Å². The Hall–Kier alpha value is -2.58. The smallest absolute Gasteiger partial charge is 0.405 e. The number of esters is 1. The van der Waals surface area contributed by atoms with Crippen LogP contribution in [0.2, 0.25) is 0 Å². The normalized spacial score (nSPS) is 11.6. The van der Waals surface area contributed by atoms with Gasteiger partial charge in [0.15, 0.2) is 17.6 Å². The lowest BCUT2D eigenvalue weighted by atomic mass is 10.2. The zero-order valence-corrected chi connectivity index (χ0v) is 14.8. The van der Waals surface area contributed by atoms with Crippen molar-refractivity contribution in [2.24, 2.45) is 0 Å². The molecular weight excluding hydrogens is 351 g/mol. The van der Waals surface area contributed by atoms with Crippen LogP contribution in [-0.4, -0.2) is 35.8 Å². The van der Waals surface area contributed by atoms with E-state index in [1.54, 1.807) is 36.6 Å². The number of imidazole rings is 1. The molecule has 0 radical (unpaired) electrons. The standard InChI is InChI=1S/C17H20F3N3O3/c1-4-22-11(3)23(9-15(24)21-10-17(18,19)20)14-8-12(6-7-13(14)22)16(25)26-5-2/h6-8H,4-5,9-10H2,1-3H3/p+1. The van der Waals surface area contributed by atoms with E-state index >= 15 is 0 Å². The van der Waals surface area contributed by atoms with E-state index in [0.29, 0.717) is 23.4 Å². The summed E-state index contributed by atoms with van der Waals surface area (Å²) >= 11 is 0. The molecule has 1 amide bonds. The number of nitrogens with one attached hydrogen (secondary N) is 1. The van der Waals surface area contributed by atoms with E-state index in [-0.39, 0.29) is 13.2 Å². The van der Waals surface area contributed by atoms with E-state index in [1.165, 1.54) is 0 Å². The molecular formula is C17H21F3N3O3+. The van der Waals surface area contributed by atoms with Gasteiger partial charge in [0.05, 0.1) is 18.7 Å². The minimum atomic E-state index is -4.47. The predicted octanol–water partition coefficient (Wildman–Crippen LogP) is 2.11. The summed E-state index contributed by atoms with van der Waals surface area (Å²) in [6, 6.07) is 4.95. The minimum Gasteiger partial charge on any atom is -0.462 e. The van der Waals surface area contributed by atoms with E-state index in [9.17, 15) is 22.8 Å². The Morgan fingerprint density at radius 1 is 1.27 bits per heavy atom. The second-order valence-corrected chi connectivity index (χ2v) is 5.69. The number of halogens is 3. The van der Waals surface area contributed by atoms with Crippen molar-refractivity contribution in [1.82, 2.24) is 9.88 Å². The highest BCUT2D eigenvalue weighted by Crippen LogP contribution is 2.18. The molecule has 0 aliphatic rings. The van der Waals surface area contributed by atoms with E-state index < -0.39 is 24.6 Å². The van der Waals surface area contributed by atoms with E-state index in [4.69, 9.17) is 4.74 Å². The maximum absolute atomic E-state index is 12.3. The third kappa shape index (κ3) is 4.33. The molecule has 1 aromatic carbocycles. The lowest BCUT2D eigenvalue weighted by molar-refractivity contribution is -0.674. The van der Waals surface area contributed by atoms with Crippen LogP contribution in [0.5, 0.6) is 0 Å². The third-order valence-corrected chi connectivity index (χ3v) is 3.95. The molecule has 0 aliphatic heterocycles. The monoisotopic (exact) mass is 372 g/mol. The first-order chi connectivity index (χ1) is 12.2. The van der Waals surface area contributed by atoms with Crippen LogP contribution in [0.4, 0.5) is 13.2 Å². The average molecular weight is 372 g/mol. The van der Waals surface area contributed by atoms with Crippen molar-refractivity contribution >= 4 is 22.9 Å². The fraction of sp³-hybridized carbons (Fsp3) is 0.471. The van der Waals surface area contributed by atoms with E-state index in [2.05, 4.69) is 0 Å². The van der Waals surface area contributed by atoms with Gasteiger partial charge in [-0.25, -0.2) is 13.9 Å². The number of aromatic nitrogens is 2. The number of rotatable bonds is 6. The molecule has 1 heterocycles. The minimum absolute atomic E-state index is 0.228. The molecule has 0 aliphatic carbocycles. The summed E-state index contributed by atoms with van der Waals surface area (Å²) in [5.41, 5.74) is 1.68. The van der Waals surface area contributed by atoms with Gasteiger partial charge < -0.3 is 10.1 Å². The molecule has 0 saturated carbocycles. The molecule has 6 nitrogen and oxygen atoms in total. The Kier molecular flexibility index (Phi) is 5.89. The number of fused-ring (bicyclic) bond motifs is 1. The van der Waals surface area contributed by atoms with Crippen LogP contribution in [0.1, 0.15) is 30.0 Å². The SMILES string of the molecule is CCOC(=O)c1ccc2c(c1)n(CC(=O)NCC(F)(F)F)c(C)[n+]2CC. The quantitative estimate of drug-likeness (QED) is 0.624. The summed E-state index contributed by atoms with van der Waals surface area (Å²) in [5.74, 6) is -0.554. The number of aryl methyl sites for hydroxylation is 1. The zero-order valence-electron chi connectivity index (χ0n) is 14.8. The molecule has 0 atom stereocenters. The maximum atomic E-state index is 12.3. The molecule has 2 aromatic rings. The first-order valence-corrected chi connectivity index (χ1v) is 8.21. The highest BCUT2D eigenvalue weighted by molar-refractivity contribution is 5.93. The highest BCUT2D eigenvalue weighted by atomic mass is 19.4. The van der Waals surface area contributed by atoms with Crippen molar-refractivity contribution in [1.29, 1.82) is 0 Å². The molecule has 0 bridgehead atoms. The van der Waals surface area contributed by atoms with Crippen LogP contribution in [0.15, 0.2) is 18.2 Å². The van der Waals surface area contributed by atoms with Crippen molar-refractivity contribution in [3.63, 3.8) is 0 Å². The number of hydrogen-bond acceptors (Lipinski definition) is 3. The Bertz CT molecular complexity index is 828. The Morgan fingerprint density at radius 3 is 2.54 bits per heavy atom. The van der Waals surface area contributed by atoms with Gasteiger partial charge in [0, 0.05) is 13.0 Å². The Balaban J connectivity index is 2.40. The fourth-order valence-electron chi connectivity index (χ4n) is 2.80. The third-order valence-electron chi connectivity index (χ3n) is 3.95. The molecule has 1 aromatic heterocycles. The molecule has 2 rings (SSSR count). The van der Waals surface area contributed by atoms with E-state index in [0.717, 1.165) is 5.52 Å². The van der Waals surface area contributed by atoms with Crippen molar-refractivity contribution < 1.29 is 32.1 Å². The van der Waals surface area contributed by atoms with Crippen molar-refractivity contribution in [3.8, 4) is 0 Å². The number of carbonyl (C=O) groups excluding carboxylic acids is 2. The highest BCUT2D eigenvalue weighted by Gasteiger charge is 2.29. The largest absolute Gasteiger partial charge is 0.462 e. The van der Waals surface area contributed by atoms with E-state index in [1.807, 2.05) is 16.8 Å². The summed E-state index contributed by atoms with van der Waals surface area (Å²) in [6.45, 7) is 4.55. The van der Waals surface area contributed by atoms with Crippen LogP contribution in [0, 0.1) is 6.92 Å². The topological polar surface area (TPSA) is 64.2 Å². The molecule has 0 spiro atoms. The number of benzene rings is 1. The first-order valence-electron chi connectivity index (χ1n) is 8.21. The van der Waals surface area contributed by atoms with Crippen LogP contribution >= 0.6 is 0 Å². The molecule has 1 N–H and O–H groups in total. The Labute approximate surface area is 148 Å². The fourth-order valence-corrected chi connectivity index (χ4v) is 2.80. The average Bonchev–Trinajstić information content (AvgIpc) is 2.83. The molecule has 0 fully saturated rings. The van der Waals surface area contributed by atoms with Crippen LogP contribution in [0.3, 0.4) is 0 Å². The summed E-state index contributed by atoms with van der Waals surface area (Å²) in [4.78, 5) is 23.9. The first kappa shape index (κ1) is 19.7. The summed E-state index contributed by atoms with van der Waals surface area (Å²) < 4.78 is 45.3. The number of amides is 1. The second-order valence-electron chi connectivity index (χ2n) is 5.69. The number of hydrogen-bond donors (Lipinski definition) is 1. The van der Waals surface area contributed by atoms with Gasteiger partial charge in [0.1, 0.15) is 6.54 Å². The van der Waals surface area contributed by atoms with Gasteiger partial charge in [0.25, 0.3) is 11.7 Å². The van der Waals surface area contributed by atoms with Gasteiger partial charge in [-0.1, -0.05) is 0 Å². The van der Waals surface area contributed by atoms with Crippen molar-refractivity contribution in [2.75, 3.05) is 13.2 Å². The lowest BCUT2D eigenvalue weighted by Crippen LogP contribution is -2.38. The summed E-state index contributed by atoms with van der Waals surface area (Å²) in [5, 5.41) is 1.86. The van der Waals surface area contributed by atoms with Crippen LogP contribution < -0.4 is 9.88 Å². The van der Waals surface area contributed by atoms with Crippen molar-refractivity contribution in [3.05, 3.63) is 29.6 Å². The van der Waals surface area contributed by atoms with Gasteiger partial charge in [-0.15, -0.1) is 0 Å². The van der Waals surface area contributed by atoms with Gasteiger partial charge in [0.2, 0.25) is 0 Å². The van der Waals surface area contributed by atoms with Crippen LogP contribution in [0.25, 0.3) is 11.0 Å². The zero-order chi connectivity index (χ0) is 19.5. The molecule has 0 saturated heterocycles. The van der Waals surface area contributed by atoms with Crippen LogP contribution in [-0.2, 0) is 22.6 Å². The Morgan fingerprint density at radius 2 is 1.96 bits per heavy atom. The van der Waals surface area contributed by atoms with Gasteiger partial charge in [-0.05, 0) is 26.0 Å². The molecule has 0 unspecified atom stereocenters. The van der Waals surface area contributed by atoms with Crippen molar-refractivity contribution in [2.45, 2.75) is 40.0 Å².